The third kappa shape index (κ3) is 2.26. The molecule has 1 unspecified atom stereocenters. The van der Waals surface area contributed by atoms with Crippen LogP contribution < -0.4 is 5.73 Å². The summed E-state index contributed by atoms with van der Waals surface area (Å²) in [6.45, 7) is 3.72. The van der Waals surface area contributed by atoms with Gasteiger partial charge in [0, 0.05) is 25.6 Å². The highest BCUT2D eigenvalue weighted by atomic mass is 16.6. The van der Waals surface area contributed by atoms with Crippen molar-refractivity contribution in [3.8, 4) is 0 Å². The Labute approximate surface area is 101 Å². The number of nitrogens with two attached hydrogens (primary N) is 1. The van der Waals surface area contributed by atoms with Gasteiger partial charge < -0.3 is 15.4 Å². The number of benzene rings is 1. The molecule has 0 aromatic heterocycles. The van der Waals surface area contributed by atoms with Gasteiger partial charge in [0.15, 0.2) is 0 Å². The molecule has 0 spiro atoms. The standard InChI is InChI=1S/C13H18N2O2/c1-13(8-15(2)12(16)17-9-13)11-5-3-4-10(6-11)7-14/h3-6H,7-9,14H2,1-2H3. The smallest absolute Gasteiger partial charge is 0.409 e. The number of likely N-dealkylation sites (N-methyl/N-ethyl adjacent to an activating group) is 1. The Balaban J connectivity index is 2.28. The van der Waals surface area contributed by atoms with Crippen LogP contribution in [-0.4, -0.2) is 31.2 Å². The van der Waals surface area contributed by atoms with Crippen molar-refractivity contribution in [2.75, 3.05) is 20.2 Å². The normalized spacial score (nSPS) is 24.6. The van der Waals surface area contributed by atoms with E-state index in [1.54, 1.807) is 11.9 Å². The lowest BCUT2D eigenvalue weighted by molar-refractivity contribution is 0.0430. The van der Waals surface area contributed by atoms with Gasteiger partial charge in [-0.2, -0.15) is 0 Å². The Morgan fingerprint density at radius 2 is 2.29 bits per heavy atom. The average molecular weight is 234 g/mol. The molecule has 1 fully saturated rings. The summed E-state index contributed by atoms with van der Waals surface area (Å²) in [5.74, 6) is 0. The fraction of sp³-hybridized carbons (Fsp3) is 0.462. The van der Waals surface area contributed by atoms with Crippen LogP contribution in [0.1, 0.15) is 18.1 Å². The van der Waals surface area contributed by atoms with E-state index in [-0.39, 0.29) is 11.5 Å². The van der Waals surface area contributed by atoms with Gasteiger partial charge in [0.1, 0.15) is 6.61 Å². The molecule has 1 aliphatic heterocycles. The topological polar surface area (TPSA) is 55.6 Å². The molecule has 2 rings (SSSR count). The summed E-state index contributed by atoms with van der Waals surface area (Å²) in [6.07, 6.45) is -0.252. The number of hydrogen-bond acceptors (Lipinski definition) is 3. The maximum atomic E-state index is 11.3. The monoisotopic (exact) mass is 234 g/mol. The van der Waals surface area contributed by atoms with Gasteiger partial charge in [-0.15, -0.1) is 0 Å². The zero-order valence-corrected chi connectivity index (χ0v) is 10.3. The van der Waals surface area contributed by atoms with Crippen molar-refractivity contribution in [3.63, 3.8) is 0 Å². The van der Waals surface area contributed by atoms with Crippen molar-refractivity contribution in [3.05, 3.63) is 35.4 Å². The number of nitrogens with zero attached hydrogens (tertiary/aromatic N) is 1. The molecule has 0 bridgehead atoms. The van der Waals surface area contributed by atoms with Crippen LogP contribution >= 0.6 is 0 Å². The first-order valence-corrected chi connectivity index (χ1v) is 5.72. The first-order chi connectivity index (χ1) is 8.05. The van der Waals surface area contributed by atoms with E-state index in [1.807, 2.05) is 12.1 Å². The second-order valence-electron chi connectivity index (χ2n) is 4.88. The Morgan fingerprint density at radius 1 is 1.53 bits per heavy atom. The Bertz CT molecular complexity index is 433. The minimum Gasteiger partial charge on any atom is -0.448 e. The molecule has 1 aromatic carbocycles. The van der Waals surface area contributed by atoms with Gasteiger partial charge in [0.05, 0.1) is 0 Å². The van der Waals surface area contributed by atoms with Crippen LogP contribution in [0, 0.1) is 0 Å². The van der Waals surface area contributed by atoms with Gasteiger partial charge in [0.25, 0.3) is 0 Å². The fourth-order valence-corrected chi connectivity index (χ4v) is 2.21. The lowest BCUT2D eigenvalue weighted by Crippen LogP contribution is -2.49. The summed E-state index contributed by atoms with van der Waals surface area (Å²) in [5.41, 5.74) is 7.75. The van der Waals surface area contributed by atoms with Crippen LogP contribution in [0.5, 0.6) is 0 Å². The molecule has 1 saturated heterocycles. The van der Waals surface area contributed by atoms with Gasteiger partial charge in [-0.1, -0.05) is 31.2 Å². The SMILES string of the molecule is CN1CC(C)(c2cccc(CN)c2)COC1=O. The third-order valence-corrected chi connectivity index (χ3v) is 3.27. The van der Waals surface area contributed by atoms with E-state index in [1.165, 1.54) is 5.56 Å². The highest BCUT2D eigenvalue weighted by molar-refractivity contribution is 5.68. The van der Waals surface area contributed by atoms with Crippen LogP contribution in [0.2, 0.25) is 0 Å². The largest absolute Gasteiger partial charge is 0.448 e. The molecule has 92 valence electrons. The van der Waals surface area contributed by atoms with Crippen LogP contribution in [0.15, 0.2) is 24.3 Å². The molecule has 0 saturated carbocycles. The van der Waals surface area contributed by atoms with Crippen LogP contribution in [0.25, 0.3) is 0 Å². The zero-order valence-electron chi connectivity index (χ0n) is 10.3. The molecule has 1 atom stereocenters. The number of carbonyl (C=O) groups is 1. The van der Waals surface area contributed by atoms with Crippen molar-refractivity contribution in [2.45, 2.75) is 18.9 Å². The summed E-state index contributed by atoms with van der Waals surface area (Å²) in [4.78, 5) is 12.9. The number of hydrogen-bond donors (Lipinski definition) is 1. The van der Waals surface area contributed by atoms with Crippen LogP contribution in [0.4, 0.5) is 4.79 Å². The minimum absolute atomic E-state index is 0.159. The molecular weight excluding hydrogens is 216 g/mol. The van der Waals surface area contributed by atoms with E-state index < -0.39 is 0 Å². The lowest BCUT2D eigenvalue weighted by atomic mass is 9.81. The van der Waals surface area contributed by atoms with E-state index in [0.29, 0.717) is 19.7 Å². The third-order valence-electron chi connectivity index (χ3n) is 3.27. The van der Waals surface area contributed by atoms with Crippen molar-refractivity contribution in [1.29, 1.82) is 0 Å². The van der Waals surface area contributed by atoms with Gasteiger partial charge in [0.2, 0.25) is 0 Å². The van der Waals surface area contributed by atoms with Crippen molar-refractivity contribution < 1.29 is 9.53 Å². The first kappa shape index (κ1) is 11.9. The molecule has 4 heteroatoms. The molecule has 4 nitrogen and oxygen atoms in total. The van der Waals surface area contributed by atoms with E-state index in [2.05, 4.69) is 19.1 Å². The molecule has 1 heterocycles. The van der Waals surface area contributed by atoms with E-state index in [9.17, 15) is 4.79 Å². The maximum absolute atomic E-state index is 11.3. The summed E-state index contributed by atoms with van der Waals surface area (Å²) >= 11 is 0. The summed E-state index contributed by atoms with van der Waals surface area (Å²) in [6, 6.07) is 8.16. The second-order valence-corrected chi connectivity index (χ2v) is 4.88. The zero-order chi connectivity index (χ0) is 12.5. The number of amides is 1. The molecule has 2 N–H and O–H groups in total. The second kappa shape index (κ2) is 4.37. The average Bonchev–Trinajstić information content (AvgIpc) is 2.34. The van der Waals surface area contributed by atoms with E-state index >= 15 is 0 Å². The Kier molecular flexibility index (Phi) is 3.07. The minimum atomic E-state index is -0.252. The van der Waals surface area contributed by atoms with Gasteiger partial charge in [-0.25, -0.2) is 4.79 Å². The fourth-order valence-electron chi connectivity index (χ4n) is 2.21. The van der Waals surface area contributed by atoms with E-state index in [0.717, 1.165) is 5.56 Å². The van der Waals surface area contributed by atoms with Gasteiger partial charge >= 0.3 is 6.09 Å². The molecule has 0 aliphatic carbocycles. The number of cyclic esters (lactones) is 1. The van der Waals surface area contributed by atoms with Crippen molar-refractivity contribution in [1.82, 2.24) is 4.90 Å². The number of rotatable bonds is 2. The van der Waals surface area contributed by atoms with Crippen molar-refractivity contribution >= 4 is 6.09 Å². The molecule has 1 aliphatic rings. The lowest BCUT2D eigenvalue weighted by Gasteiger charge is -2.38. The predicted octanol–water partition coefficient (Wildman–Crippen LogP) is 1.49. The predicted molar refractivity (Wildman–Crippen MR) is 65.7 cm³/mol. The highest BCUT2D eigenvalue weighted by Crippen LogP contribution is 2.29. The molecule has 17 heavy (non-hydrogen) atoms. The molecule has 0 radical (unpaired) electrons. The molecule has 1 amide bonds. The summed E-state index contributed by atoms with van der Waals surface area (Å²) < 4.78 is 5.19. The highest BCUT2D eigenvalue weighted by Gasteiger charge is 2.36. The molecular formula is C13H18N2O2. The Hall–Kier alpha value is -1.55. The number of carbonyl (C=O) groups excluding carboxylic acids is 1. The summed E-state index contributed by atoms with van der Waals surface area (Å²) in [7, 11) is 1.76. The maximum Gasteiger partial charge on any atom is 0.409 e. The Morgan fingerprint density at radius 3 is 2.94 bits per heavy atom. The number of ether oxygens (including phenoxy) is 1. The van der Waals surface area contributed by atoms with Gasteiger partial charge in [-0.3, -0.25) is 0 Å². The van der Waals surface area contributed by atoms with Crippen molar-refractivity contribution in [2.24, 2.45) is 5.73 Å². The summed E-state index contributed by atoms with van der Waals surface area (Å²) in [5, 5.41) is 0. The first-order valence-electron chi connectivity index (χ1n) is 5.72. The molecule has 1 aromatic rings. The van der Waals surface area contributed by atoms with E-state index in [4.69, 9.17) is 10.5 Å². The van der Waals surface area contributed by atoms with Crippen LogP contribution in [-0.2, 0) is 16.7 Å². The van der Waals surface area contributed by atoms with Gasteiger partial charge in [-0.05, 0) is 11.1 Å². The van der Waals surface area contributed by atoms with Crippen LogP contribution in [0.3, 0.4) is 0 Å². The quantitative estimate of drug-likeness (QED) is 0.843.